The van der Waals surface area contributed by atoms with Gasteiger partial charge in [-0.2, -0.15) is 4.98 Å². The van der Waals surface area contributed by atoms with Gasteiger partial charge in [0.2, 0.25) is 0 Å². The first-order valence-corrected chi connectivity index (χ1v) is 7.26. The zero-order chi connectivity index (χ0) is 16.4. The molecule has 0 saturated carbocycles. The lowest BCUT2D eigenvalue weighted by Gasteiger charge is -2.02. The lowest BCUT2D eigenvalue weighted by Crippen LogP contribution is -2.02. The lowest BCUT2D eigenvalue weighted by molar-refractivity contribution is 0.144. The molecule has 0 fully saturated rings. The molecule has 0 unspecified atom stereocenters. The van der Waals surface area contributed by atoms with Gasteiger partial charge in [-0.25, -0.2) is 4.79 Å². The normalized spacial score (nSPS) is 10.7. The van der Waals surface area contributed by atoms with Gasteiger partial charge in [0.05, 0.1) is 5.02 Å². The third-order valence-corrected chi connectivity index (χ3v) is 3.47. The average molecular weight is 353 g/mol. The van der Waals surface area contributed by atoms with Gasteiger partial charge in [-0.1, -0.05) is 35.3 Å². The van der Waals surface area contributed by atoms with E-state index in [-0.39, 0.29) is 16.8 Å². The number of anilines is 1. The van der Waals surface area contributed by atoms with Crippen LogP contribution < -0.4 is 10.1 Å². The van der Waals surface area contributed by atoms with Crippen LogP contribution in [-0.4, -0.2) is 16.2 Å². The zero-order valence-corrected chi connectivity index (χ0v) is 13.1. The second kappa shape index (κ2) is 6.36. The van der Waals surface area contributed by atoms with E-state index in [1.807, 2.05) is 18.2 Å². The number of ether oxygens (including phenoxy) is 1. The van der Waals surface area contributed by atoms with Gasteiger partial charge in [0, 0.05) is 23.7 Å². The molecule has 0 bridgehead atoms. The SMILES string of the molecule is O=C(O)Oc1cc(Cl)c2oc(NCc3cccc(Cl)c3)nc2c1. The maximum atomic E-state index is 10.6. The highest BCUT2D eigenvalue weighted by atomic mass is 35.5. The zero-order valence-electron chi connectivity index (χ0n) is 11.5. The van der Waals surface area contributed by atoms with Crippen LogP contribution in [0.1, 0.15) is 5.56 Å². The van der Waals surface area contributed by atoms with Crippen molar-refractivity contribution >= 4 is 46.5 Å². The summed E-state index contributed by atoms with van der Waals surface area (Å²) in [6, 6.07) is 10.4. The number of halogens is 2. The molecule has 23 heavy (non-hydrogen) atoms. The third kappa shape index (κ3) is 3.67. The molecule has 0 radical (unpaired) electrons. The largest absolute Gasteiger partial charge is 0.511 e. The number of aromatic nitrogens is 1. The highest BCUT2D eigenvalue weighted by molar-refractivity contribution is 6.35. The second-order valence-electron chi connectivity index (χ2n) is 4.62. The molecule has 2 N–H and O–H groups in total. The van der Waals surface area contributed by atoms with Gasteiger partial charge in [0.25, 0.3) is 6.01 Å². The Hall–Kier alpha value is -2.44. The molecule has 0 atom stereocenters. The molecule has 6 nitrogen and oxygen atoms in total. The molecule has 0 amide bonds. The van der Waals surface area contributed by atoms with Gasteiger partial charge in [-0.05, 0) is 17.7 Å². The fourth-order valence-corrected chi connectivity index (χ4v) is 2.48. The van der Waals surface area contributed by atoms with Crippen molar-refractivity contribution in [1.29, 1.82) is 0 Å². The number of hydrogen-bond donors (Lipinski definition) is 2. The number of fused-ring (bicyclic) bond motifs is 1. The van der Waals surface area contributed by atoms with E-state index in [4.69, 9.17) is 32.7 Å². The Bertz CT molecular complexity index is 879. The molecule has 8 heteroatoms. The summed E-state index contributed by atoms with van der Waals surface area (Å²) in [5.74, 6) is 0.0738. The Morgan fingerprint density at radius 3 is 2.87 bits per heavy atom. The quantitative estimate of drug-likeness (QED) is 0.518. The standard InChI is InChI=1S/C15H10Cl2N2O4/c16-9-3-1-2-8(4-9)7-18-14-19-12-6-10(22-15(20)21)5-11(17)13(12)23-14/h1-6H,7H2,(H,18,19)(H,20,21). The molecule has 0 aliphatic rings. The number of rotatable bonds is 4. The van der Waals surface area contributed by atoms with Gasteiger partial charge in [-0.3, -0.25) is 0 Å². The molecule has 0 aliphatic carbocycles. The van der Waals surface area contributed by atoms with Gasteiger partial charge >= 0.3 is 6.16 Å². The highest BCUT2D eigenvalue weighted by Crippen LogP contribution is 2.31. The summed E-state index contributed by atoms with van der Waals surface area (Å²) in [6.45, 7) is 0.462. The summed E-state index contributed by atoms with van der Waals surface area (Å²) in [5.41, 5.74) is 1.70. The molecular weight excluding hydrogens is 343 g/mol. The first-order valence-electron chi connectivity index (χ1n) is 6.50. The fourth-order valence-electron chi connectivity index (χ4n) is 2.03. The van der Waals surface area contributed by atoms with Crippen LogP contribution in [0.4, 0.5) is 10.8 Å². The van der Waals surface area contributed by atoms with Crippen molar-refractivity contribution in [2.24, 2.45) is 0 Å². The predicted molar refractivity (Wildman–Crippen MR) is 86.5 cm³/mol. The van der Waals surface area contributed by atoms with Crippen LogP contribution in [-0.2, 0) is 6.54 Å². The molecule has 1 heterocycles. The molecule has 3 aromatic rings. The van der Waals surface area contributed by atoms with Crippen molar-refractivity contribution in [3.05, 3.63) is 52.0 Å². The minimum atomic E-state index is -1.43. The van der Waals surface area contributed by atoms with Crippen molar-refractivity contribution < 1.29 is 19.1 Å². The van der Waals surface area contributed by atoms with E-state index < -0.39 is 6.16 Å². The van der Waals surface area contributed by atoms with Gasteiger partial charge in [0.15, 0.2) is 5.58 Å². The van der Waals surface area contributed by atoms with E-state index in [1.54, 1.807) is 6.07 Å². The molecule has 2 aromatic carbocycles. The van der Waals surface area contributed by atoms with Crippen molar-refractivity contribution in [2.75, 3.05) is 5.32 Å². The van der Waals surface area contributed by atoms with Gasteiger partial charge in [-0.15, -0.1) is 0 Å². The monoisotopic (exact) mass is 352 g/mol. The number of hydrogen-bond acceptors (Lipinski definition) is 5. The Morgan fingerprint density at radius 2 is 2.13 bits per heavy atom. The van der Waals surface area contributed by atoms with E-state index >= 15 is 0 Å². The van der Waals surface area contributed by atoms with E-state index in [0.29, 0.717) is 22.7 Å². The Morgan fingerprint density at radius 1 is 1.30 bits per heavy atom. The van der Waals surface area contributed by atoms with Crippen molar-refractivity contribution in [2.45, 2.75) is 6.54 Å². The van der Waals surface area contributed by atoms with Crippen LogP contribution in [0.2, 0.25) is 10.0 Å². The van der Waals surface area contributed by atoms with Crippen LogP contribution in [0, 0.1) is 0 Å². The predicted octanol–water partition coefficient (Wildman–Crippen LogP) is 4.80. The molecule has 1 aromatic heterocycles. The van der Waals surface area contributed by atoms with Crippen LogP contribution in [0.5, 0.6) is 5.75 Å². The Kier molecular flexibility index (Phi) is 4.27. The maximum Gasteiger partial charge on any atom is 0.511 e. The van der Waals surface area contributed by atoms with Crippen LogP contribution in [0.3, 0.4) is 0 Å². The van der Waals surface area contributed by atoms with E-state index in [9.17, 15) is 4.79 Å². The van der Waals surface area contributed by atoms with Gasteiger partial charge in [0.1, 0.15) is 11.3 Å². The average Bonchev–Trinajstić information content (AvgIpc) is 2.88. The van der Waals surface area contributed by atoms with E-state index in [2.05, 4.69) is 15.0 Å². The molecule has 0 aliphatic heterocycles. The van der Waals surface area contributed by atoms with E-state index in [1.165, 1.54) is 12.1 Å². The van der Waals surface area contributed by atoms with Gasteiger partial charge < -0.3 is 19.6 Å². The summed E-state index contributed by atoms with van der Waals surface area (Å²) in [4.78, 5) is 14.8. The van der Waals surface area contributed by atoms with Crippen LogP contribution in [0.15, 0.2) is 40.8 Å². The van der Waals surface area contributed by atoms with E-state index in [0.717, 1.165) is 5.56 Å². The smallest absolute Gasteiger partial charge is 0.449 e. The maximum absolute atomic E-state index is 10.6. The number of benzene rings is 2. The number of oxazole rings is 1. The van der Waals surface area contributed by atoms with Crippen LogP contribution in [0.25, 0.3) is 11.1 Å². The molecule has 0 spiro atoms. The van der Waals surface area contributed by atoms with Crippen molar-refractivity contribution in [3.8, 4) is 5.75 Å². The van der Waals surface area contributed by atoms with Crippen molar-refractivity contribution in [1.82, 2.24) is 4.98 Å². The third-order valence-electron chi connectivity index (χ3n) is 2.96. The molecular formula is C15H10Cl2N2O4. The minimum absolute atomic E-state index is 0.0738. The molecule has 3 rings (SSSR count). The Labute approximate surface area is 140 Å². The second-order valence-corrected chi connectivity index (χ2v) is 5.47. The number of carbonyl (C=O) groups is 1. The first-order chi connectivity index (χ1) is 11.0. The number of nitrogens with one attached hydrogen (secondary N) is 1. The fraction of sp³-hybridized carbons (Fsp3) is 0.0667. The highest BCUT2D eigenvalue weighted by Gasteiger charge is 2.13. The summed E-state index contributed by atoms with van der Waals surface area (Å²) in [5, 5.41) is 12.5. The molecule has 0 saturated heterocycles. The number of nitrogens with zero attached hydrogens (tertiary/aromatic N) is 1. The molecule has 118 valence electrons. The first kappa shape index (κ1) is 15.5. The lowest BCUT2D eigenvalue weighted by atomic mass is 10.2. The topological polar surface area (TPSA) is 84.6 Å². The summed E-state index contributed by atoms with van der Waals surface area (Å²) >= 11 is 12.0. The van der Waals surface area contributed by atoms with Crippen molar-refractivity contribution in [3.63, 3.8) is 0 Å². The summed E-state index contributed by atoms with van der Waals surface area (Å²) < 4.78 is 10.1. The summed E-state index contributed by atoms with van der Waals surface area (Å²) in [6.07, 6.45) is -1.43. The van der Waals surface area contributed by atoms with Crippen LogP contribution >= 0.6 is 23.2 Å². The minimum Gasteiger partial charge on any atom is -0.449 e. The number of carboxylic acid groups (broad SMARTS) is 1. The Balaban J connectivity index is 1.82. The summed E-state index contributed by atoms with van der Waals surface area (Å²) in [7, 11) is 0.